The van der Waals surface area contributed by atoms with Crippen molar-refractivity contribution in [1.82, 2.24) is 4.98 Å². The summed E-state index contributed by atoms with van der Waals surface area (Å²) in [7, 11) is -3.10. The van der Waals surface area contributed by atoms with Crippen LogP contribution in [-0.2, 0) is 10.0 Å². The van der Waals surface area contributed by atoms with Crippen molar-refractivity contribution < 1.29 is 21.9 Å². The first-order chi connectivity index (χ1) is 7.29. The van der Waals surface area contributed by atoms with Crippen molar-refractivity contribution in [2.75, 3.05) is 7.11 Å². The third-order valence-electron chi connectivity index (χ3n) is 1.72. The highest BCUT2D eigenvalue weighted by Gasteiger charge is 2.27. The Balaban J connectivity index is 3.65. The lowest BCUT2D eigenvalue weighted by molar-refractivity contribution is 0.143. The van der Waals surface area contributed by atoms with Gasteiger partial charge in [0.15, 0.2) is 5.75 Å². The van der Waals surface area contributed by atoms with Crippen LogP contribution in [-0.4, -0.2) is 20.5 Å². The fraction of sp³-hybridized carbons (Fsp3) is 0.286. The molecular weight excluding hydrogens is 357 g/mol. The Labute approximate surface area is 104 Å². The van der Waals surface area contributed by atoms with Gasteiger partial charge < -0.3 is 4.74 Å². The molecule has 1 aromatic heterocycles. The minimum Gasteiger partial charge on any atom is -0.493 e. The van der Waals surface area contributed by atoms with Crippen LogP contribution in [0.1, 0.15) is 12.0 Å². The van der Waals surface area contributed by atoms with Gasteiger partial charge in [0.05, 0.1) is 12.7 Å². The number of hydrogen-bond acceptors (Lipinski definition) is 4. The van der Waals surface area contributed by atoms with E-state index in [0.29, 0.717) is 0 Å². The minimum atomic E-state index is -4.25. The smallest absolute Gasteiger partial charge is 0.268 e. The van der Waals surface area contributed by atoms with Gasteiger partial charge in [-0.05, 0) is 22.6 Å². The average molecular weight is 364 g/mol. The molecular formula is C7H7F2IN2O3S. The molecule has 90 valence electrons. The first kappa shape index (κ1) is 13.5. The molecule has 0 saturated heterocycles. The fourth-order valence-electron chi connectivity index (χ4n) is 1.09. The molecule has 9 heteroatoms. The molecule has 1 heterocycles. The number of nitrogens with zero attached hydrogens (tertiary/aromatic N) is 1. The molecule has 0 aromatic carbocycles. The Bertz CT molecular complexity index is 507. The van der Waals surface area contributed by atoms with Gasteiger partial charge in [-0.25, -0.2) is 27.3 Å². The maximum Gasteiger partial charge on any atom is 0.268 e. The zero-order valence-electron chi connectivity index (χ0n) is 7.95. The number of pyridine rings is 1. The van der Waals surface area contributed by atoms with Crippen molar-refractivity contribution in [1.29, 1.82) is 0 Å². The Hall–Kier alpha value is -0.550. The lowest BCUT2D eigenvalue weighted by atomic mass is 10.2. The first-order valence-electron chi connectivity index (χ1n) is 3.82. The van der Waals surface area contributed by atoms with Gasteiger partial charge >= 0.3 is 0 Å². The highest BCUT2D eigenvalue weighted by atomic mass is 127. The molecule has 16 heavy (non-hydrogen) atoms. The SMILES string of the molecule is COc1c(I)ncc(S(N)(=O)=O)c1C(F)F. The number of nitrogens with two attached hydrogens (primary N) is 1. The van der Waals surface area contributed by atoms with E-state index < -0.39 is 26.9 Å². The van der Waals surface area contributed by atoms with Gasteiger partial charge in [-0.3, -0.25) is 0 Å². The molecule has 1 aromatic rings. The molecule has 0 unspecified atom stereocenters. The standard InChI is InChI=1S/C7H7F2IN2O3S/c1-15-5-4(6(8)9)3(16(11,13)14)2-12-7(5)10/h2,6H,1H3,(H2,11,13,14). The summed E-state index contributed by atoms with van der Waals surface area (Å²) in [6, 6.07) is 0. The van der Waals surface area contributed by atoms with Crippen LogP contribution in [0.5, 0.6) is 5.75 Å². The summed E-state index contributed by atoms with van der Waals surface area (Å²) in [5.74, 6) is -0.276. The third kappa shape index (κ3) is 2.58. The van der Waals surface area contributed by atoms with E-state index in [4.69, 9.17) is 9.88 Å². The molecule has 0 atom stereocenters. The van der Waals surface area contributed by atoms with E-state index in [-0.39, 0.29) is 9.45 Å². The highest BCUT2D eigenvalue weighted by molar-refractivity contribution is 14.1. The first-order valence-corrected chi connectivity index (χ1v) is 6.45. The topological polar surface area (TPSA) is 82.3 Å². The number of rotatable bonds is 3. The normalized spacial score (nSPS) is 11.9. The molecule has 0 fully saturated rings. The summed E-state index contributed by atoms with van der Waals surface area (Å²) in [6.07, 6.45) is -2.22. The van der Waals surface area contributed by atoms with Gasteiger partial charge in [-0.15, -0.1) is 0 Å². The lowest BCUT2D eigenvalue weighted by Crippen LogP contribution is -2.16. The predicted molar refractivity (Wildman–Crippen MR) is 59.8 cm³/mol. The minimum absolute atomic E-state index is 0.141. The molecule has 0 aliphatic carbocycles. The zero-order valence-corrected chi connectivity index (χ0v) is 10.9. The Kier molecular flexibility index (Phi) is 4.02. The molecule has 0 amide bonds. The number of ether oxygens (including phenoxy) is 1. The van der Waals surface area contributed by atoms with E-state index in [0.717, 1.165) is 13.3 Å². The summed E-state index contributed by atoms with van der Waals surface area (Å²) in [5, 5.41) is 4.81. The molecule has 0 saturated carbocycles. The summed E-state index contributed by atoms with van der Waals surface area (Å²) in [4.78, 5) is 2.91. The van der Waals surface area contributed by atoms with Crippen LogP contribution in [0.15, 0.2) is 11.1 Å². The number of hydrogen-bond donors (Lipinski definition) is 1. The lowest BCUT2D eigenvalue weighted by Gasteiger charge is -2.12. The van der Waals surface area contributed by atoms with Crippen LogP contribution in [0.3, 0.4) is 0 Å². The maximum absolute atomic E-state index is 12.8. The number of alkyl halides is 2. The van der Waals surface area contributed by atoms with Crippen molar-refractivity contribution in [3.63, 3.8) is 0 Å². The fourth-order valence-corrected chi connectivity index (χ4v) is 2.43. The van der Waals surface area contributed by atoms with Gasteiger partial charge in [-0.2, -0.15) is 0 Å². The number of halogens is 3. The van der Waals surface area contributed by atoms with Crippen molar-refractivity contribution in [2.45, 2.75) is 11.3 Å². The van der Waals surface area contributed by atoms with Crippen LogP contribution in [0.4, 0.5) is 8.78 Å². The molecule has 5 nitrogen and oxygen atoms in total. The molecule has 0 aliphatic heterocycles. The second-order valence-corrected chi connectivity index (χ2v) is 5.26. The van der Waals surface area contributed by atoms with Gasteiger partial charge in [-0.1, -0.05) is 0 Å². The van der Waals surface area contributed by atoms with Crippen LogP contribution in [0.2, 0.25) is 0 Å². The highest BCUT2D eigenvalue weighted by Crippen LogP contribution is 2.36. The molecule has 2 N–H and O–H groups in total. The largest absolute Gasteiger partial charge is 0.493 e. The van der Waals surface area contributed by atoms with Crippen molar-refractivity contribution in [3.05, 3.63) is 15.5 Å². The molecule has 1 rings (SSSR count). The number of aromatic nitrogens is 1. The van der Waals surface area contributed by atoms with E-state index in [1.54, 1.807) is 22.6 Å². The van der Waals surface area contributed by atoms with Gasteiger partial charge in [0.25, 0.3) is 6.43 Å². The van der Waals surface area contributed by atoms with E-state index in [1.165, 1.54) is 0 Å². The predicted octanol–water partition coefficient (Wildman–Crippen LogP) is 1.28. The second-order valence-electron chi connectivity index (χ2n) is 2.71. The van der Waals surface area contributed by atoms with Gasteiger partial charge in [0.1, 0.15) is 8.60 Å². The average Bonchev–Trinajstić information content (AvgIpc) is 2.14. The Morgan fingerprint density at radius 3 is 2.50 bits per heavy atom. The summed E-state index contributed by atoms with van der Waals surface area (Å²) in [6.45, 7) is 0. The summed E-state index contributed by atoms with van der Waals surface area (Å²) < 4.78 is 52.5. The van der Waals surface area contributed by atoms with Crippen LogP contribution in [0.25, 0.3) is 0 Å². The summed E-state index contributed by atoms with van der Waals surface area (Å²) in [5.41, 5.74) is -0.760. The molecule has 0 spiro atoms. The third-order valence-corrected chi connectivity index (χ3v) is 3.43. The van der Waals surface area contributed by atoms with Gasteiger partial charge in [0, 0.05) is 6.20 Å². The van der Waals surface area contributed by atoms with Crippen molar-refractivity contribution in [3.8, 4) is 5.75 Å². The van der Waals surface area contributed by atoms with E-state index >= 15 is 0 Å². The van der Waals surface area contributed by atoms with E-state index in [2.05, 4.69) is 4.98 Å². The molecule has 0 bridgehead atoms. The molecule has 0 aliphatic rings. The van der Waals surface area contributed by atoms with Crippen LogP contribution in [0, 0.1) is 3.70 Å². The van der Waals surface area contributed by atoms with Crippen molar-refractivity contribution >= 4 is 32.6 Å². The Morgan fingerprint density at radius 2 is 2.12 bits per heavy atom. The number of methoxy groups -OCH3 is 1. The maximum atomic E-state index is 12.8. The van der Waals surface area contributed by atoms with E-state index in [1.807, 2.05) is 0 Å². The quantitative estimate of drug-likeness (QED) is 0.647. The van der Waals surface area contributed by atoms with Crippen LogP contribution < -0.4 is 9.88 Å². The monoisotopic (exact) mass is 364 g/mol. The van der Waals surface area contributed by atoms with Crippen LogP contribution >= 0.6 is 22.6 Å². The van der Waals surface area contributed by atoms with Gasteiger partial charge in [0.2, 0.25) is 10.0 Å². The molecule has 0 radical (unpaired) electrons. The zero-order chi connectivity index (χ0) is 12.5. The number of primary sulfonamides is 1. The van der Waals surface area contributed by atoms with Crippen molar-refractivity contribution in [2.24, 2.45) is 5.14 Å². The van der Waals surface area contributed by atoms with E-state index in [9.17, 15) is 17.2 Å². The summed E-state index contributed by atoms with van der Waals surface area (Å²) >= 11 is 1.66. The number of sulfonamides is 1. The second kappa shape index (κ2) is 4.75. The Morgan fingerprint density at radius 1 is 1.56 bits per heavy atom.